The van der Waals surface area contributed by atoms with Crippen LogP contribution in [0.5, 0.6) is 5.75 Å². The first-order valence-corrected chi connectivity index (χ1v) is 12.3. The van der Waals surface area contributed by atoms with Gasteiger partial charge in [-0.3, -0.25) is 12.9 Å². The molecule has 0 spiro atoms. The van der Waals surface area contributed by atoms with E-state index in [2.05, 4.69) is 14.4 Å². The number of benzene rings is 3. The Hall–Kier alpha value is -2.95. The van der Waals surface area contributed by atoms with Crippen LogP contribution in [-0.2, 0) is 35.5 Å². The minimum absolute atomic E-state index is 0.0115. The number of azo groups is 1. The van der Waals surface area contributed by atoms with Crippen LogP contribution in [0.2, 0.25) is 0 Å². The fourth-order valence-corrected chi connectivity index (χ4v) is 4.48. The molecule has 0 aliphatic rings. The van der Waals surface area contributed by atoms with Crippen molar-refractivity contribution >= 4 is 59.2 Å². The van der Waals surface area contributed by atoms with E-state index in [-0.39, 0.29) is 27.0 Å². The highest BCUT2D eigenvalue weighted by Crippen LogP contribution is 2.44. The van der Waals surface area contributed by atoms with E-state index in [4.69, 9.17) is 5.73 Å². The van der Waals surface area contributed by atoms with Gasteiger partial charge in [0.15, 0.2) is 5.75 Å². The van der Waals surface area contributed by atoms with Crippen molar-refractivity contribution in [3.63, 3.8) is 0 Å². The smallest absolute Gasteiger partial charge is 0.299 e. The van der Waals surface area contributed by atoms with Crippen LogP contribution < -0.4 is 5.73 Å². The molecule has 3 rings (SSSR count). The summed E-state index contributed by atoms with van der Waals surface area (Å²) in [6, 6.07) is 7.81. The number of nitrogens with zero attached hydrogens (tertiary/aromatic N) is 2. The van der Waals surface area contributed by atoms with Crippen molar-refractivity contribution in [3.8, 4) is 5.75 Å². The summed E-state index contributed by atoms with van der Waals surface area (Å²) in [6.45, 7) is 0. The molecular formula is C17H14N3O9S3-. The van der Waals surface area contributed by atoms with E-state index in [0.717, 1.165) is 25.3 Å². The highest BCUT2D eigenvalue weighted by atomic mass is 32.2. The number of nitrogen functional groups attached to an aromatic ring is 1. The van der Waals surface area contributed by atoms with Crippen molar-refractivity contribution in [2.45, 2.75) is 14.7 Å². The summed E-state index contributed by atoms with van der Waals surface area (Å²) < 4.78 is 83.4. The van der Waals surface area contributed by atoms with Gasteiger partial charge in [0.2, 0.25) is 0 Å². The first-order valence-electron chi connectivity index (χ1n) is 8.33. The summed E-state index contributed by atoms with van der Waals surface area (Å²) in [5.41, 5.74) is 5.12. The van der Waals surface area contributed by atoms with Crippen molar-refractivity contribution in [2.75, 3.05) is 12.8 Å². The van der Waals surface area contributed by atoms with E-state index < -0.39 is 52.5 Å². The molecule has 0 amide bonds. The number of phenols is 1. The van der Waals surface area contributed by atoms with Crippen molar-refractivity contribution in [1.82, 2.24) is 0 Å². The third-order valence-electron chi connectivity index (χ3n) is 4.24. The second-order valence-corrected chi connectivity index (χ2v) is 10.3. The molecule has 15 heteroatoms. The van der Waals surface area contributed by atoms with Crippen molar-refractivity contribution in [3.05, 3.63) is 42.5 Å². The summed E-state index contributed by atoms with van der Waals surface area (Å²) in [5.74, 6) is -0.737. The Bertz CT molecular complexity index is 1480. The Morgan fingerprint density at radius 3 is 2.22 bits per heavy atom. The number of hydrogen-bond donors (Lipinski definition) is 3. The van der Waals surface area contributed by atoms with Gasteiger partial charge in [0.25, 0.3) is 20.2 Å². The predicted molar refractivity (Wildman–Crippen MR) is 112 cm³/mol. The van der Waals surface area contributed by atoms with Crippen molar-refractivity contribution in [2.24, 2.45) is 10.2 Å². The van der Waals surface area contributed by atoms with Crippen LogP contribution in [0.15, 0.2) is 67.4 Å². The van der Waals surface area contributed by atoms with E-state index in [9.17, 15) is 35.3 Å². The quantitative estimate of drug-likeness (QED) is 0.148. The molecule has 1 atom stereocenters. The lowest BCUT2D eigenvalue weighted by Crippen LogP contribution is -2.05. The van der Waals surface area contributed by atoms with Crippen molar-refractivity contribution in [1.29, 1.82) is 0 Å². The fraction of sp³-hybridized carbons (Fsp3) is 0.0588. The lowest BCUT2D eigenvalue weighted by Gasteiger charge is -2.13. The van der Waals surface area contributed by atoms with Gasteiger partial charge in [0.05, 0.1) is 17.7 Å². The molecule has 0 saturated heterocycles. The third kappa shape index (κ3) is 4.62. The zero-order valence-corrected chi connectivity index (χ0v) is 18.4. The van der Waals surface area contributed by atoms with E-state index >= 15 is 0 Å². The zero-order valence-electron chi connectivity index (χ0n) is 16.0. The van der Waals surface area contributed by atoms with Crippen LogP contribution in [0.4, 0.5) is 17.1 Å². The monoisotopic (exact) mass is 500 g/mol. The number of aromatic hydroxyl groups is 1. The lowest BCUT2D eigenvalue weighted by atomic mass is 10.1. The standard InChI is InChI=1S/C17H15N3O9S3/c1-29-32(27,28)14-7-9-6-12(31(24,25)26)8-13(18)15(9)17(21)16(14)20-19-10-2-4-11(5-3-10)30(22)23/h2-8,21H,18H2,1H3,(H,22,23)(H,24,25,26)/p-1. The summed E-state index contributed by atoms with van der Waals surface area (Å²) in [5, 5.41) is 18.0. The number of rotatable bonds is 6. The lowest BCUT2D eigenvalue weighted by molar-refractivity contribution is 0.397. The van der Waals surface area contributed by atoms with Crippen LogP contribution in [0.1, 0.15) is 0 Å². The summed E-state index contributed by atoms with van der Waals surface area (Å²) >= 11 is -2.46. The van der Waals surface area contributed by atoms with Gasteiger partial charge in [0, 0.05) is 16.0 Å². The molecule has 3 aromatic rings. The van der Waals surface area contributed by atoms with Crippen LogP contribution >= 0.6 is 0 Å². The zero-order chi connectivity index (χ0) is 23.8. The average molecular weight is 501 g/mol. The van der Waals surface area contributed by atoms with Gasteiger partial charge in [-0.2, -0.15) is 21.9 Å². The van der Waals surface area contributed by atoms with E-state index in [1.165, 1.54) is 24.3 Å². The topological polar surface area (TPSA) is 209 Å². The fourth-order valence-electron chi connectivity index (χ4n) is 2.75. The second-order valence-electron chi connectivity index (χ2n) is 6.21. The summed E-state index contributed by atoms with van der Waals surface area (Å²) in [7, 11) is -8.29. The average Bonchev–Trinajstić information content (AvgIpc) is 2.72. The number of nitrogens with two attached hydrogens (primary N) is 1. The van der Waals surface area contributed by atoms with Crippen LogP contribution in [-0.4, -0.2) is 42.4 Å². The largest absolute Gasteiger partial charge is 0.768 e. The van der Waals surface area contributed by atoms with Crippen LogP contribution in [0.3, 0.4) is 0 Å². The highest BCUT2D eigenvalue weighted by Gasteiger charge is 2.26. The molecule has 0 aliphatic heterocycles. The Labute approximate surface area is 184 Å². The predicted octanol–water partition coefficient (Wildman–Crippen LogP) is 2.36. The second kappa shape index (κ2) is 8.53. The Balaban J connectivity index is 2.28. The van der Waals surface area contributed by atoms with Gasteiger partial charge < -0.3 is 15.4 Å². The first kappa shape index (κ1) is 23.7. The molecule has 32 heavy (non-hydrogen) atoms. The molecule has 12 nitrogen and oxygen atoms in total. The SMILES string of the molecule is COS(=O)(=O)c1cc2cc(S(=O)(=O)O)cc(N)c2c(O)c1N=Nc1ccc(S(=O)[O-])cc1. The summed E-state index contributed by atoms with van der Waals surface area (Å²) in [6.07, 6.45) is 0. The van der Waals surface area contributed by atoms with Gasteiger partial charge in [-0.15, -0.1) is 5.11 Å². The molecule has 170 valence electrons. The molecule has 0 aliphatic carbocycles. The Morgan fingerprint density at radius 1 is 1.06 bits per heavy atom. The molecule has 0 aromatic heterocycles. The van der Waals surface area contributed by atoms with Crippen molar-refractivity contribution < 1.29 is 39.4 Å². The van der Waals surface area contributed by atoms with Gasteiger partial charge in [-0.1, -0.05) is 0 Å². The maximum atomic E-state index is 12.4. The molecule has 0 saturated carbocycles. The van der Waals surface area contributed by atoms with Crippen LogP contribution in [0, 0.1) is 0 Å². The minimum Gasteiger partial charge on any atom is -0.768 e. The van der Waals surface area contributed by atoms with E-state index in [0.29, 0.717) is 0 Å². The van der Waals surface area contributed by atoms with Gasteiger partial charge in [-0.05, 0) is 58.9 Å². The third-order valence-corrected chi connectivity index (χ3v) is 7.01. The number of hydrogen-bond acceptors (Lipinski definition) is 11. The Kier molecular flexibility index (Phi) is 6.32. The molecule has 3 aromatic carbocycles. The maximum Gasteiger partial charge on any atom is 0.299 e. The molecule has 4 N–H and O–H groups in total. The Morgan fingerprint density at radius 2 is 1.69 bits per heavy atom. The number of phenolic OH excluding ortho intramolecular Hbond substituents is 1. The molecule has 0 heterocycles. The normalized spacial score (nSPS) is 13.6. The summed E-state index contributed by atoms with van der Waals surface area (Å²) in [4.78, 5) is -1.28. The van der Waals surface area contributed by atoms with E-state index in [1.807, 2.05) is 0 Å². The highest BCUT2D eigenvalue weighted by molar-refractivity contribution is 7.87. The molecule has 0 radical (unpaired) electrons. The number of anilines is 1. The minimum atomic E-state index is -4.68. The molecule has 0 fully saturated rings. The molecular weight excluding hydrogens is 486 g/mol. The van der Waals surface area contributed by atoms with Gasteiger partial charge in [0.1, 0.15) is 10.6 Å². The molecule has 1 unspecified atom stereocenters. The van der Waals surface area contributed by atoms with Crippen LogP contribution in [0.25, 0.3) is 10.8 Å². The first-order chi connectivity index (χ1) is 14.8. The van der Waals surface area contributed by atoms with Gasteiger partial charge in [-0.25, -0.2) is 0 Å². The van der Waals surface area contributed by atoms with E-state index in [1.54, 1.807) is 0 Å². The van der Waals surface area contributed by atoms with Gasteiger partial charge >= 0.3 is 0 Å². The molecule has 0 bridgehead atoms. The number of fused-ring (bicyclic) bond motifs is 1. The maximum absolute atomic E-state index is 12.4.